The van der Waals surface area contributed by atoms with Gasteiger partial charge in [-0.15, -0.1) is 0 Å². The second-order valence-electron chi connectivity index (χ2n) is 7.25. The van der Waals surface area contributed by atoms with E-state index in [4.69, 9.17) is 0 Å². The van der Waals surface area contributed by atoms with E-state index >= 15 is 0 Å². The van der Waals surface area contributed by atoms with E-state index in [0.29, 0.717) is 18.8 Å². The predicted octanol–water partition coefficient (Wildman–Crippen LogP) is 2.92. The molecule has 30 heavy (non-hydrogen) atoms. The standard InChI is InChI=1S/C21H21FN6O2/c1-13-11-24-19(12-23-13)21(30)28-8-6-14(7-9-28)17-10-18(27-26-17)20(29)25-16-5-3-2-4-15(16)22/h2-5,10-12,14H,6-9H2,1H3,(H,25,29)(H,26,27). The van der Waals surface area contributed by atoms with Gasteiger partial charge in [-0.1, -0.05) is 12.1 Å². The van der Waals surface area contributed by atoms with Gasteiger partial charge in [0.15, 0.2) is 5.69 Å². The summed E-state index contributed by atoms with van der Waals surface area (Å²) >= 11 is 0. The maximum absolute atomic E-state index is 13.7. The van der Waals surface area contributed by atoms with Gasteiger partial charge in [-0.05, 0) is 38.0 Å². The summed E-state index contributed by atoms with van der Waals surface area (Å²) in [7, 11) is 0. The molecule has 0 radical (unpaired) electrons. The molecule has 0 unspecified atom stereocenters. The maximum atomic E-state index is 13.7. The van der Waals surface area contributed by atoms with Crippen molar-refractivity contribution in [1.82, 2.24) is 25.1 Å². The van der Waals surface area contributed by atoms with Crippen LogP contribution in [-0.2, 0) is 0 Å². The fourth-order valence-corrected chi connectivity index (χ4v) is 3.47. The number of hydrogen-bond acceptors (Lipinski definition) is 5. The van der Waals surface area contributed by atoms with E-state index in [1.165, 1.54) is 18.3 Å². The summed E-state index contributed by atoms with van der Waals surface area (Å²) in [6.07, 6.45) is 4.56. The summed E-state index contributed by atoms with van der Waals surface area (Å²) < 4.78 is 13.7. The number of anilines is 1. The molecule has 3 heterocycles. The van der Waals surface area contributed by atoms with Crippen LogP contribution in [0.2, 0.25) is 0 Å². The highest BCUT2D eigenvalue weighted by atomic mass is 19.1. The first-order chi connectivity index (χ1) is 14.5. The van der Waals surface area contributed by atoms with Crippen LogP contribution in [0.3, 0.4) is 0 Å². The van der Waals surface area contributed by atoms with E-state index in [1.807, 2.05) is 6.92 Å². The highest BCUT2D eigenvalue weighted by Gasteiger charge is 2.27. The number of rotatable bonds is 4. The maximum Gasteiger partial charge on any atom is 0.276 e. The Kier molecular flexibility index (Phi) is 5.51. The number of aromatic nitrogens is 4. The first kappa shape index (κ1) is 19.7. The molecule has 2 N–H and O–H groups in total. The van der Waals surface area contributed by atoms with Gasteiger partial charge < -0.3 is 10.2 Å². The molecule has 0 bridgehead atoms. The molecular weight excluding hydrogens is 387 g/mol. The van der Waals surface area contributed by atoms with Crippen molar-refractivity contribution in [3.8, 4) is 0 Å². The average molecular weight is 408 g/mol. The van der Waals surface area contributed by atoms with Gasteiger partial charge in [0.2, 0.25) is 0 Å². The van der Waals surface area contributed by atoms with Crippen LogP contribution in [-0.4, -0.2) is 50.0 Å². The molecule has 0 spiro atoms. The molecule has 8 nitrogen and oxygen atoms in total. The van der Waals surface area contributed by atoms with Crippen molar-refractivity contribution in [3.63, 3.8) is 0 Å². The van der Waals surface area contributed by atoms with Gasteiger partial charge in [0.25, 0.3) is 11.8 Å². The van der Waals surface area contributed by atoms with Gasteiger partial charge in [-0.3, -0.25) is 19.7 Å². The van der Waals surface area contributed by atoms with Gasteiger partial charge in [-0.25, -0.2) is 9.37 Å². The van der Waals surface area contributed by atoms with Crippen molar-refractivity contribution < 1.29 is 14.0 Å². The SMILES string of the molecule is Cc1cnc(C(=O)N2CCC(c3cc(C(=O)Nc4ccccc4F)n[nH]3)CC2)cn1. The molecule has 1 aliphatic rings. The molecule has 9 heteroatoms. The summed E-state index contributed by atoms with van der Waals surface area (Å²) in [6.45, 7) is 2.98. The highest BCUT2D eigenvalue weighted by Crippen LogP contribution is 2.28. The summed E-state index contributed by atoms with van der Waals surface area (Å²) in [4.78, 5) is 35.0. The minimum Gasteiger partial charge on any atom is -0.337 e. The number of aryl methyl sites for hydroxylation is 1. The van der Waals surface area contributed by atoms with Crippen LogP contribution in [0.15, 0.2) is 42.7 Å². The van der Waals surface area contributed by atoms with Gasteiger partial charge in [0.1, 0.15) is 11.5 Å². The van der Waals surface area contributed by atoms with Gasteiger partial charge in [-0.2, -0.15) is 5.10 Å². The Morgan fingerprint density at radius 3 is 2.60 bits per heavy atom. The average Bonchev–Trinajstić information content (AvgIpc) is 3.26. The summed E-state index contributed by atoms with van der Waals surface area (Å²) in [6, 6.07) is 7.66. The van der Waals surface area contributed by atoms with Gasteiger partial charge >= 0.3 is 0 Å². The number of nitrogens with zero attached hydrogens (tertiary/aromatic N) is 4. The van der Waals surface area contributed by atoms with E-state index in [1.54, 1.807) is 29.3 Å². The Labute approximate surface area is 172 Å². The third-order valence-electron chi connectivity index (χ3n) is 5.17. The summed E-state index contributed by atoms with van der Waals surface area (Å²) in [5.74, 6) is -0.957. The third kappa shape index (κ3) is 4.19. The zero-order valence-electron chi connectivity index (χ0n) is 16.4. The number of aromatic amines is 1. The van der Waals surface area contributed by atoms with Crippen molar-refractivity contribution in [1.29, 1.82) is 0 Å². The smallest absolute Gasteiger partial charge is 0.276 e. The lowest BCUT2D eigenvalue weighted by Crippen LogP contribution is -2.38. The van der Waals surface area contributed by atoms with Crippen LogP contribution in [0.1, 0.15) is 51.1 Å². The molecule has 154 valence electrons. The first-order valence-corrected chi connectivity index (χ1v) is 9.70. The van der Waals surface area contributed by atoms with Crippen LogP contribution in [0.25, 0.3) is 0 Å². The number of benzene rings is 1. The molecule has 2 aromatic heterocycles. The summed E-state index contributed by atoms with van der Waals surface area (Å²) in [5, 5.41) is 9.50. The zero-order chi connectivity index (χ0) is 21.1. The van der Waals surface area contributed by atoms with Crippen LogP contribution < -0.4 is 5.32 Å². The van der Waals surface area contributed by atoms with E-state index in [0.717, 1.165) is 24.2 Å². The number of likely N-dealkylation sites (tertiary alicyclic amines) is 1. The number of para-hydroxylation sites is 1. The lowest BCUT2D eigenvalue weighted by Gasteiger charge is -2.31. The van der Waals surface area contributed by atoms with Crippen LogP contribution in [0.5, 0.6) is 0 Å². The Hall–Kier alpha value is -3.62. The third-order valence-corrected chi connectivity index (χ3v) is 5.17. The Bertz CT molecular complexity index is 1060. The summed E-state index contributed by atoms with van der Waals surface area (Å²) in [5.41, 5.74) is 2.24. The largest absolute Gasteiger partial charge is 0.337 e. The van der Waals surface area contributed by atoms with E-state index in [-0.39, 0.29) is 23.2 Å². The molecule has 0 atom stereocenters. The molecule has 1 saturated heterocycles. The first-order valence-electron chi connectivity index (χ1n) is 9.70. The topological polar surface area (TPSA) is 104 Å². The van der Waals surface area contributed by atoms with Crippen molar-refractivity contribution in [2.24, 2.45) is 0 Å². The number of carbonyl (C=O) groups excluding carboxylic acids is 2. The number of carbonyl (C=O) groups is 2. The van der Waals surface area contributed by atoms with Crippen LogP contribution in [0, 0.1) is 12.7 Å². The number of halogens is 1. The Balaban J connectivity index is 1.36. The van der Waals surface area contributed by atoms with Crippen molar-refractivity contribution in [3.05, 3.63) is 71.3 Å². The molecule has 3 aromatic rings. The van der Waals surface area contributed by atoms with E-state index in [9.17, 15) is 14.0 Å². The van der Waals surface area contributed by atoms with E-state index < -0.39 is 11.7 Å². The highest BCUT2D eigenvalue weighted by molar-refractivity contribution is 6.03. The number of hydrogen-bond donors (Lipinski definition) is 2. The predicted molar refractivity (Wildman–Crippen MR) is 108 cm³/mol. The number of piperidine rings is 1. The molecule has 4 rings (SSSR count). The van der Waals surface area contributed by atoms with Gasteiger partial charge in [0, 0.05) is 30.9 Å². The quantitative estimate of drug-likeness (QED) is 0.691. The zero-order valence-corrected chi connectivity index (χ0v) is 16.4. The minimum atomic E-state index is -0.503. The molecule has 1 aromatic carbocycles. The number of H-pyrrole nitrogens is 1. The monoisotopic (exact) mass is 408 g/mol. The molecule has 2 amide bonds. The van der Waals surface area contributed by atoms with Crippen LogP contribution in [0.4, 0.5) is 10.1 Å². The Morgan fingerprint density at radius 1 is 1.13 bits per heavy atom. The molecule has 0 aliphatic carbocycles. The lowest BCUT2D eigenvalue weighted by molar-refractivity contribution is 0.0705. The fourth-order valence-electron chi connectivity index (χ4n) is 3.47. The van der Waals surface area contributed by atoms with Crippen LogP contribution >= 0.6 is 0 Å². The molecule has 1 fully saturated rings. The minimum absolute atomic E-state index is 0.109. The normalized spacial score (nSPS) is 14.5. The number of nitrogens with one attached hydrogen (secondary N) is 2. The molecule has 1 aliphatic heterocycles. The molecule has 0 saturated carbocycles. The van der Waals surface area contributed by atoms with Crippen molar-refractivity contribution >= 4 is 17.5 Å². The second-order valence-corrected chi connectivity index (χ2v) is 7.25. The Morgan fingerprint density at radius 2 is 1.90 bits per heavy atom. The van der Waals surface area contributed by atoms with Crippen molar-refractivity contribution in [2.75, 3.05) is 18.4 Å². The molecular formula is C21H21FN6O2. The lowest BCUT2D eigenvalue weighted by atomic mass is 9.93. The second kappa shape index (κ2) is 8.40. The number of amides is 2. The fraction of sp³-hybridized carbons (Fsp3) is 0.286. The van der Waals surface area contributed by atoms with E-state index in [2.05, 4.69) is 25.5 Å². The van der Waals surface area contributed by atoms with Crippen molar-refractivity contribution in [2.45, 2.75) is 25.7 Å². The van der Waals surface area contributed by atoms with Gasteiger partial charge in [0.05, 0.1) is 17.6 Å².